The van der Waals surface area contributed by atoms with E-state index in [9.17, 15) is 4.79 Å². The molecule has 4 nitrogen and oxygen atoms in total. The number of carbonyl (C=O) groups is 1. The van der Waals surface area contributed by atoms with Gasteiger partial charge in [-0.15, -0.1) is 0 Å². The van der Waals surface area contributed by atoms with Gasteiger partial charge in [-0.25, -0.2) is 0 Å². The maximum absolute atomic E-state index is 10.9. The van der Waals surface area contributed by atoms with Gasteiger partial charge in [0.2, 0.25) is 0 Å². The van der Waals surface area contributed by atoms with Crippen LogP contribution in [0.2, 0.25) is 0 Å². The summed E-state index contributed by atoms with van der Waals surface area (Å²) in [6.07, 6.45) is 0.217. The second-order valence-corrected chi connectivity index (χ2v) is 5.46. The van der Waals surface area contributed by atoms with Crippen molar-refractivity contribution in [2.75, 3.05) is 20.1 Å². The van der Waals surface area contributed by atoms with Crippen LogP contribution in [0.1, 0.15) is 18.9 Å². The Morgan fingerprint density at radius 2 is 2.00 bits per heavy atom. The van der Waals surface area contributed by atoms with Gasteiger partial charge in [-0.05, 0) is 19.5 Å². The van der Waals surface area contributed by atoms with Crippen molar-refractivity contribution in [3.63, 3.8) is 0 Å². The summed E-state index contributed by atoms with van der Waals surface area (Å²) in [4.78, 5) is 15.5. The highest BCUT2D eigenvalue weighted by Gasteiger charge is 2.30. The normalized spacial score (nSPS) is 25.4. The Bertz CT molecular complexity index is 421. The molecule has 1 aromatic rings. The molecule has 1 N–H and O–H groups in total. The lowest BCUT2D eigenvalue weighted by Gasteiger charge is -2.43. The summed E-state index contributed by atoms with van der Waals surface area (Å²) in [6, 6.07) is 10.9. The van der Waals surface area contributed by atoms with Gasteiger partial charge in [0.05, 0.1) is 6.42 Å². The fourth-order valence-corrected chi connectivity index (χ4v) is 2.73. The van der Waals surface area contributed by atoms with E-state index in [0.29, 0.717) is 6.04 Å². The van der Waals surface area contributed by atoms with Crippen molar-refractivity contribution in [3.05, 3.63) is 35.9 Å². The molecule has 1 aliphatic rings. The molecule has 1 saturated heterocycles. The van der Waals surface area contributed by atoms with Crippen LogP contribution in [0.5, 0.6) is 0 Å². The van der Waals surface area contributed by atoms with E-state index in [1.54, 1.807) is 0 Å². The number of nitrogens with zero attached hydrogens (tertiary/aromatic N) is 2. The molecular formula is C15H22N2O2. The maximum atomic E-state index is 10.9. The number of benzene rings is 1. The second-order valence-electron chi connectivity index (χ2n) is 5.46. The van der Waals surface area contributed by atoms with E-state index in [-0.39, 0.29) is 12.5 Å². The summed E-state index contributed by atoms with van der Waals surface area (Å²) in [7, 11) is 2.02. The van der Waals surface area contributed by atoms with Crippen molar-refractivity contribution >= 4 is 5.97 Å². The van der Waals surface area contributed by atoms with Crippen LogP contribution in [-0.2, 0) is 11.3 Å². The zero-order valence-electron chi connectivity index (χ0n) is 11.6. The summed E-state index contributed by atoms with van der Waals surface area (Å²) in [5, 5.41) is 8.98. The highest BCUT2D eigenvalue weighted by molar-refractivity contribution is 5.67. The number of aliphatic carboxylic acids is 1. The number of rotatable bonds is 4. The van der Waals surface area contributed by atoms with Crippen molar-refractivity contribution in [1.29, 1.82) is 0 Å². The Kier molecular flexibility index (Phi) is 4.56. The van der Waals surface area contributed by atoms with Gasteiger partial charge in [0.1, 0.15) is 0 Å². The molecular weight excluding hydrogens is 240 g/mol. The van der Waals surface area contributed by atoms with Crippen LogP contribution < -0.4 is 0 Å². The van der Waals surface area contributed by atoms with Crippen molar-refractivity contribution in [1.82, 2.24) is 9.80 Å². The van der Waals surface area contributed by atoms with Crippen LogP contribution in [0.25, 0.3) is 0 Å². The lowest BCUT2D eigenvalue weighted by atomic mass is 10.0. The second kappa shape index (κ2) is 6.17. The van der Waals surface area contributed by atoms with Crippen LogP contribution in [0.3, 0.4) is 0 Å². The van der Waals surface area contributed by atoms with Crippen molar-refractivity contribution in [2.45, 2.75) is 32.0 Å². The molecule has 0 spiro atoms. The first-order chi connectivity index (χ1) is 9.06. The molecule has 1 unspecified atom stereocenters. The minimum atomic E-state index is -0.717. The topological polar surface area (TPSA) is 43.8 Å². The lowest BCUT2D eigenvalue weighted by molar-refractivity contribution is -0.139. The molecule has 2 rings (SSSR count). The van der Waals surface area contributed by atoms with Crippen LogP contribution >= 0.6 is 0 Å². The minimum absolute atomic E-state index is 0.109. The van der Waals surface area contributed by atoms with Gasteiger partial charge >= 0.3 is 5.97 Å². The van der Waals surface area contributed by atoms with Gasteiger partial charge in [0.15, 0.2) is 0 Å². The number of carboxylic acids is 1. The van der Waals surface area contributed by atoms with Crippen molar-refractivity contribution in [3.8, 4) is 0 Å². The fraction of sp³-hybridized carbons (Fsp3) is 0.533. The quantitative estimate of drug-likeness (QED) is 0.896. The van der Waals surface area contributed by atoms with E-state index in [0.717, 1.165) is 19.6 Å². The van der Waals surface area contributed by atoms with Gasteiger partial charge in [-0.2, -0.15) is 0 Å². The third-order valence-electron chi connectivity index (χ3n) is 3.88. The number of likely N-dealkylation sites (N-methyl/N-ethyl adjacent to an activating group) is 1. The van der Waals surface area contributed by atoms with Crippen molar-refractivity contribution in [2.24, 2.45) is 0 Å². The predicted octanol–water partition coefficient (Wildman–Crippen LogP) is 1.67. The average Bonchev–Trinajstić information content (AvgIpc) is 2.36. The first-order valence-electron chi connectivity index (χ1n) is 6.76. The third kappa shape index (κ3) is 3.78. The molecule has 19 heavy (non-hydrogen) atoms. The van der Waals surface area contributed by atoms with Gasteiger partial charge < -0.3 is 10.0 Å². The van der Waals surface area contributed by atoms with Crippen molar-refractivity contribution < 1.29 is 9.90 Å². The highest BCUT2D eigenvalue weighted by atomic mass is 16.4. The zero-order chi connectivity index (χ0) is 13.8. The summed E-state index contributed by atoms with van der Waals surface area (Å²) in [5.74, 6) is -0.717. The zero-order valence-corrected chi connectivity index (χ0v) is 11.6. The number of hydrogen-bond donors (Lipinski definition) is 1. The predicted molar refractivity (Wildman–Crippen MR) is 75.0 cm³/mol. The van der Waals surface area contributed by atoms with E-state index in [1.165, 1.54) is 5.56 Å². The molecule has 2 atom stereocenters. The Hall–Kier alpha value is -1.39. The summed E-state index contributed by atoms with van der Waals surface area (Å²) >= 11 is 0. The third-order valence-corrected chi connectivity index (χ3v) is 3.88. The van der Waals surface area contributed by atoms with E-state index in [1.807, 2.05) is 25.2 Å². The fourth-order valence-electron chi connectivity index (χ4n) is 2.73. The maximum Gasteiger partial charge on any atom is 0.304 e. The molecule has 0 aliphatic carbocycles. The minimum Gasteiger partial charge on any atom is -0.481 e. The average molecular weight is 262 g/mol. The molecule has 1 fully saturated rings. The van der Waals surface area contributed by atoms with E-state index in [4.69, 9.17) is 5.11 Å². The summed E-state index contributed by atoms with van der Waals surface area (Å²) in [5.41, 5.74) is 1.29. The standard InChI is InChI=1S/C15H22N2O2/c1-12-9-16(2)14(8-15(18)19)11-17(12)10-13-6-4-3-5-7-13/h3-7,12,14H,8-11H2,1-2H3,(H,18,19)/t12-,14?/m0/s1. The Labute approximate surface area is 114 Å². The van der Waals surface area contributed by atoms with Crippen LogP contribution in [0.4, 0.5) is 0 Å². The Morgan fingerprint density at radius 1 is 1.32 bits per heavy atom. The van der Waals surface area contributed by atoms with E-state index < -0.39 is 5.97 Å². The van der Waals surface area contributed by atoms with Crippen LogP contribution in [0, 0.1) is 0 Å². The summed E-state index contributed by atoms with van der Waals surface area (Å²) < 4.78 is 0. The molecule has 0 aromatic heterocycles. The van der Waals surface area contributed by atoms with Crippen LogP contribution in [0.15, 0.2) is 30.3 Å². The first kappa shape index (κ1) is 14.0. The molecule has 0 amide bonds. The Balaban J connectivity index is 2.01. The molecule has 104 valence electrons. The SMILES string of the molecule is C[C@H]1CN(C)C(CC(=O)O)CN1Cc1ccccc1. The van der Waals surface area contributed by atoms with E-state index >= 15 is 0 Å². The molecule has 0 radical (unpaired) electrons. The Morgan fingerprint density at radius 3 is 2.63 bits per heavy atom. The molecule has 0 bridgehead atoms. The van der Waals surface area contributed by atoms with Crippen LogP contribution in [-0.4, -0.2) is 53.1 Å². The van der Waals surface area contributed by atoms with Gasteiger partial charge in [0, 0.05) is 31.7 Å². The first-order valence-corrected chi connectivity index (χ1v) is 6.76. The van der Waals surface area contributed by atoms with E-state index in [2.05, 4.69) is 28.9 Å². The molecule has 1 aliphatic heterocycles. The monoisotopic (exact) mass is 262 g/mol. The largest absolute Gasteiger partial charge is 0.481 e. The number of piperazine rings is 1. The smallest absolute Gasteiger partial charge is 0.304 e. The lowest BCUT2D eigenvalue weighted by Crippen LogP contribution is -2.55. The molecule has 0 saturated carbocycles. The number of carboxylic acid groups (broad SMARTS) is 1. The summed E-state index contributed by atoms with van der Waals surface area (Å²) in [6.45, 7) is 4.84. The molecule has 1 aromatic carbocycles. The highest BCUT2D eigenvalue weighted by Crippen LogP contribution is 2.18. The van der Waals surface area contributed by atoms with Gasteiger partial charge in [0.25, 0.3) is 0 Å². The molecule has 4 heteroatoms. The number of hydrogen-bond acceptors (Lipinski definition) is 3. The van der Waals surface area contributed by atoms with Gasteiger partial charge in [-0.3, -0.25) is 9.69 Å². The van der Waals surface area contributed by atoms with Gasteiger partial charge in [-0.1, -0.05) is 30.3 Å². The molecule has 1 heterocycles.